The van der Waals surface area contributed by atoms with Crippen LogP contribution in [0.25, 0.3) is 0 Å². The first kappa shape index (κ1) is 19.2. The quantitative estimate of drug-likeness (QED) is 0.413. The highest BCUT2D eigenvalue weighted by atomic mass is 14.5. The number of hydrogen-bond donors (Lipinski definition) is 4. The van der Waals surface area contributed by atoms with Crippen LogP contribution in [0.5, 0.6) is 0 Å². The second-order valence-corrected chi connectivity index (χ2v) is 4.34. The van der Waals surface area contributed by atoms with Crippen molar-refractivity contribution in [2.75, 3.05) is 26.2 Å². The van der Waals surface area contributed by atoms with E-state index >= 15 is 0 Å². The molecule has 0 radical (unpaired) electrons. The van der Waals surface area contributed by atoms with Crippen molar-refractivity contribution >= 4 is 0 Å². The molecule has 0 saturated carbocycles. The van der Waals surface area contributed by atoms with Crippen molar-refractivity contribution in [1.82, 2.24) is 0 Å². The fraction of sp³-hybridized carbons (Fsp3) is 1.00. The van der Waals surface area contributed by atoms with E-state index in [2.05, 4.69) is 0 Å². The van der Waals surface area contributed by atoms with E-state index in [9.17, 15) is 0 Å². The van der Waals surface area contributed by atoms with Crippen LogP contribution in [0, 0.1) is 0 Å². The third-order valence-corrected chi connectivity index (χ3v) is 2.57. The molecule has 0 aromatic rings. The Morgan fingerprint density at radius 2 is 0.471 bits per heavy atom. The second-order valence-electron chi connectivity index (χ2n) is 4.34. The van der Waals surface area contributed by atoms with Gasteiger partial charge in [0.15, 0.2) is 0 Å². The first-order chi connectivity index (χ1) is 8.33. The van der Waals surface area contributed by atoms with Crippen molar-refractivity contribution in [3.05, 3.63) is 0 Å². The van der Waals surface area contributed by atoms with Crippen molar-refractivity contribution in [3.63, 3.8) is 0 Å². The van der Waals surface area contributed by atoms with Crippen LogP contribution in [0.2, 0.25) is 0 Å². The van der Waals surface area contributed by atoms with Gasteiger partial charge in [0.1, 0.15) is 0 Å². The van der Waals surface area contributed by atoms with Gasteiger partial charge in [0.2, 0.25) is 0 Å². The molecule has 0 saturated heterocycles. The standard InChI is InChI=1S/C8H20N2.C5H14N2/c9-7-5-3-1-2-4-6-8-10;6-4-2-1-3-5-7/h1-10H2;1-7H2. The largest absolute Gasteiger partial charge is 0.330 e. The second kappa shape index (κ2) is 21.2. The summed E-state index contributed by atoms with van der Waals surface area (Å²) in [7, 11) is 0. The molecule has 0 spiro atoms. The first-order valence-electron chi connectivity index (χ1n) is 7.13. The predicted octanol–water partition coefficient (Wildman–Crippen LogP) is 1.32. The molecule has 4 heteroatoms. The summed E-state index contributed by atoms with van der Waals surface area (Å²) in [5, 5.41) is 0. The zero-order valence-electron chi connectivity index (χ0n) is 11.5. The normalized spacial score (nSPS) is 9.88. The molecule has 4 nitrogen and oxygen atoms in total. The van der Waals surface area contributed by atoms with Crippen LogP contribution in [0.1, 0.15) is 57.8 Å². The minimum Gasteiger partial charge on any atom is -0.330 e. The van der Waals surface area contributed by atoms with E-state index < -0.39 is 0 Å². The maximum atomic E-state index is 5.35. The Morgan fingerprint density at radius 3 is 0.706 bits per heavy atom. The third-order valence-electron chi connectivity index (χ3n) is 2.57. The van der Waals surface area contributed by atoms with Crippen LogP contribution in [-0.2, 0) is 0 Å². The van der Waals surface area contributed by atoms with Gasteiger partial charge in [-0.15, -0.1) is 0 Å². The van der Waals surface area contributed by atoms with Gasteiger partial charge in [-0.25, -0.2) is 0 Å². The highest BCUT2D eigenvalue weighted by Gasteiger charge is 1.87. The molecule has 0 amide bonds. The Bertz CT molecular complexity index is 97.6. The minimum atomic E-state index is 0.806. The summed E-state index contributed by atoms with van der Waals surface area (Å²) < 4.78 is 0. The summed E-state index contributed by atoms with van der Waals surface area (Å²) in [4.78, 5) is 0. The maximum absolute atomic E-state index is 5.35. The molecule has 106 valence electrons. The fourth-order valence-corrected chi connectivity index (χ4v) is 1.46. The van der Waals surface area contributed by atoms with Crippen molar-refractivity contribution in [2.24, 2.45) is 22.9 Å². The molecular formula is C13H34N4. The Labute approximate surface area is 107 Å². The molecule has 0 rings (SSSR count). The molecule has 8 N–H and O–H groups in total. The van der Waals surface area contributed by atoms with Crippen molar-refractivity contribution < 1.29 is 0 Å². The lowest BCUT2D eigenvalue weighted by Crippen LogP contribution is -2.02. The van der Waals surface area contributed by atoms with Crippen molar-refractivity contribution in [1.29, 1.82) is 0 Å². The molecule has 0 aliphatic heterocycles. The number of hydrogen-bond acceptors (Lipinski definition) is 4. The van der Waals surface area contributed by atoms with Crippen molar-refractivity contribution in [2.45, 2.75) is 57.8 Å². The topological polar surface area (TPSA) is 104 Å². The Balaban J connectivity index is 0. The molecule has 0 unspecified atom stereocenters. The number of rotatable bonds is 11. The molecular weight excluding hydrogens is 212 g/mol. The molecule has 0 atom stereocenters. The van der Waals surface area contributed by atoms with Crippen LogP contribution in [0.3, 0.4) is 0 Å². The number of nitrogens with two attached hydrogens (primary N) is 4. The van der Waals surface area contributed by atoms with E-state index in [-0.39, 0.29) is 0 Å². The average Bonchev–Trinajstić information content (AvgIpc) is 2.35. The van der Waals surface area contributed by atoms with E-state index in [1.54, 1.807) is 0 Å². The van der Waals surface area contributed by atoms with E-state index in [0.717, 1.165) is 39.0 Å². The third kappa shape index (κ3) is 25.8. The van der Waals surface area contributed by atoms with Crippen molar-refractivity contribution in [3.8, 4) is 0 Å². The van der Waals surface area contributed by atoms with Gasteiger partial charge >= 0.3 is 0 Å². The molecule has 0 aliphatic rings. The van der Waals surface area contributed by atoms with Gasteiger partial charge in [-0.05, 0) is 51.9 Å². The van der Waals surface area contributed by atoms with Gasteiger partial charge in [-0.2, -0.15) is 0 Å². The lowest BCUT2D eigenvalue weighted by Gasteiger charge is -1.97. The summed E-state index contributed by atoms with van der Waals surface area (Å²) in [5.41, 5.74) is 21.2. The summed E-state index contributed by atoms with van der Waals surface area (Å²) in [5.74, 6) is 0. The van der Waals surface area contributed by atoms with Crippen LogP contribution < -0.4 is 22.9 Å². The van der Waals surface area contributed by atoms with E-state index in [4.69, 9.17) is 22.9 Å². The van der Waals surface area contributed by atoms with Gasteiger partial charge < -0.3 is 22.9 Å². The Morgan fingerprint density at radius 1 is 0.294 bits per heavy atom. The molecule has 0 fully saturated rings. The van der Waals surface area contributed by atoms with Gasteiger partial charge in [0, 0.05) is 0 Å². The monoisotopic (exact) mass is 246 g/mol. The van der Waals surface area contributed by atoms with E-state index in [1.165, 1.54) is 44.9 Å². The molecule has 0 aliphatic carbocycles. The van der Waals surface area contributed by atoms with Crippen LogP contribution in [0.4, 0.5) is 0 Å². The van der Waals surface area contributed by atoms with Crippen LogP contribution >= 0.6 is 0 Å². The highest BCUT2D eigenvalue weighted by Crippen LogP contribution is 2.03. The van der Waals surface area contributed by atoms with Gasteiger partial charge in [0.25, 0.3) is 0 Å². The van der Waals surface area contributed by atoms with Gasteiger partial charge in [0.05, 0.1) is 0 Å². The van der Waals surface area contributed by atoms with Crippen LogP contribution in [-0.4, -0.2) is 26.2 Å². The Kier molecular flexibility index (Phi) is 23.9. The maximum Gasteiger partial charge on any atom is -0.00773 e. The number of unbranched alkanes of at least 4 members (excludes halogenated alkanes) is 7. The van der Waals surface area contributed by atoms with Gasteiger partial charge in [-0.3, -0.25) is 0 Å². The molecule has 0 heterocycles. The zero-order valence-corrected chi connectivity index (χ0v) is 11.5. The predicted molar refractivity (Wildman–Crippen MR) is 77.8 cm³/mol. The fourth-order valence-electron chi connectivity index (χ4n) is 1.46. The molecule has 0 aromatic heterocycles. The average molecular weight is 246 g/mol. The smallest absolute Gasteiger partial charge is 0.00773 e. The summed E-state index contributed by atoms with van der Waals surface area (Å²) in [6.45, 7) is 3.30. The zero-order chi connectivity index (χ0) is 13.2. The highest BCUT2D eigenvalue weighted by molar-refractivity contribution is 4.45. The molecule has 0 bridgehead atoms. The lowest BCUT2D eigenvalue weighted by molar-refractivity contribution is 0.601. The Hall–Kier alpha value is -0.160. The summed E-state index contributed by atoms with van der Waals surface area (Å²) in [6, 6.07) is 0. The summed E-state index contributed by atoms with van der Waals surface area (Å²) in [6.07, 6.45) is 11.0. The summed E-state index contributed by atoms with van der Waals surface area (Å²) >= 11 is 0. The lowest BCUT2D eigenvalue weighted by atomic mass is 10.1. The van der Waals surface area contributed by atoms with Crippen LogP contribution in [0.15, 0.2) is 0 Å². The van der Waals surface area contributed by atoms with E-state index in [1.807, 2.05) is 0 Å². The SMILES string of the molecule is NCCCCCCCCN.NCCCCCN. The van der Waals surface area contributed by atoms with Gasteiger partial charge in [-0.1, -0.05) is 32.1 Å². The molecule has 17 heavy (non-hydrogen) atoms. The molecule has 0 aromatic carbocycles. The minimum absolute atomic E-state index is 0.806. The first-order valence-corrected chi connectivity index (χ1v) is 7.13. The van der Waals surface area contributed by atoms with E-state index in [0.29, 0.717) is 0 Å².